The second kappa shape index (κ2) is 4.19. The Hall–Kier alpha value is -1.08. The number of hydrogen-bond acceptors (Lipinski definition) is 1. The molecule has 0 bridgehead atoms. The van der Waals surface area contributed by atoms with Gasteiger partial charge in [0.2, 0.25) is 0 Å². The molecule has 1 aromatic rings. The van der Waals surface area contributed by atoms with Gasteiger partial charge in [-0.25, -0.2) is 0 Å². The zero-order valence-corrected chi connectivity index (χ0v) is 9.64. The zero-order valence-electron chi connectivity index (χ0n) is 9.64. The number of rotatable bonds is 2. The average Bonchev–Trinajstić information content (AvgIpc) is 2.71. The monoisotopic (exact) mass is 201 g/mol. The van der Waals surface area contributed by atoms with E-state index in [1.54, 1.807) is 0 Å². The molecule has 1 nitrogen and oxygen atoms in total. The van der Waals surface area contributed by atoms with Crippen LogP contribution in [0.15, 0.2) is 24.8 Å². The van der Waals surface area contributed by atoms with Gasteiger partial charge in [0, 0.05) is 6.54 Å². The van der Waals surface area contributed by atoms with Crippen LogP contribution in [0.4, 0.5) is 0 Å². The summed E-state index contributed by atoms with van der Waals surface area (Å²) in [4.78, 5) is 0. The molecule has 1 fully saturated rings. The summed E-state index contributed by atoms with van der Waals surface area (Å²) in [5.41, 5.74) is 5.28. The van der Waals surface area contributed by atoms with Crippen molar-refractivity contribution in [2.45, 2.75) is 26.2 Å². The van der Waals surface area contributed by atoms with E-state index in [2.05, 4.69) is 43.9 Å². The van der Waals surface area contributed by atoms with Crippen LogP contribution < -0.4 is 5.32 Å². The van der Waals surface area contributed by atoms with Crippen LogP contribution in [0.1, 0.15) is 36.0 Å². The van der Waals surface area contributed by atoms with Gasteiger partial charge in [0.25, 0.3) is 0 Å². The molecule has 1 aliphatic heterocycles. The number of nitrogens with one attached hydrogen (secondary N) is 1. The van der Waals surface area contributed by atoms with Crippen LogP contribution in [0.25, 0.3) is 5.57 Å². The van der Waals surface area contributed by atoms with Crippen LogP contribution in [0, 0.1) is 6.92 Å². The first-order valence-corrected chi connectivity index (χ1v) is 5.65. The van der Waals surface area contributed by atoms with Crippen LogP contribution in [-0.2, 0) is 0 Å². The summed E-state index contributed by atoms with van der Waals surface area (Å²) in [5, 5.41) is 3.41. The molecule has 1 unspecified atom stereocenters. The van der Waals surface area contributed by atoms with Crippen LogP contribution in [0.3, 0.4) is 0 Å². The Morgan fingerprint density at radius 3 is 2.87 bits per heavy atom. The SMILES string of the molecule is C=C(C)c1cc(C2CCNC2)ccc1C. The van der Waals surface area contributed by atoms with Crippen molar-refractivity contribution in [3.8, 4) is 0 Å². The molecule has 0 spiro atoms. The Morgan fingerprint density at radius 1 is 1.47 bits per heavy atom. The van der Waals surface area contributed by atoms with Crippen LogP contribution in [0.2, 0.25) is 0 Å². The van der Waals surface area contributed by atoms with Crippen LogP contribution in [0.5, 0.6) is 0 Å². The van der Waals surface area contributed by atoms with Gasteiger partial charge in [0.05, 0.1) is 0 Å². The van der Waals surface area contributed by atoms with Gasteiger partial charge in [-0.05, 0) is 49.4 Å². The molecule has 1 saturated heterocycles. The molecule has 0 aliphatic carbocycles. The first-order valence-electron chi connectivity index (χ1n) is 5.65. The van der Waals surface area contributed by atoms with E-state index in [0.717, 1.165) is 13.1 Å². The molecule has 0 aromatic heterocycles. The van der Waals surface area contributed by atoms with E-state index >= 15 is 0 Å². The molecule has 0 saturated carbocycles. The molecule has 1 aliphatic rings. The van der Waals surface area contributed by atoms with Crippen molar-refractivity contribution in [2.75, 3.05) is 13.1 Å². The maximum atomic E-state index is 4.04. The molecule has 1 aromatic carbocycles. The molecule has 0 radical (unpaired) electrons. The number of benzene rings is 1. The van der Waals surface area contributed by atoms with E-state index in [0.29, 0.717) is 5.92 Å². The fraction of sp³-hybridized carbons (Fsp3) is 0.429. The van der Waals surface area contributed by atoms with E-state index in [9.17, 15) is 0 Å². The average molecular weight is 201 g/mol. The maximum absolute atomic E-state index is 4.04. The highest BCUT2D eigenvalue weighted by atomic mass is 14.9. The lowest BCUT2D eigenvalue weighted by molar-refractivity contribution is 0.763. The quantitative estimate of drug-likeness (QED) is 0.775. The maximum Gasteiger partial charge on any atom is 0.00206 e. The second-order valence-electron chi connectivity index (χ2n) is 4.54. The van der Waals surface area contributed by atoms with E-state index in [4.69, 9.17) is 0 Å². The lowest BCUT2D eigenvalue weighted by Crippen LogP contribution is -2.08. The van der Waals surface area contributed by atoms with E-state index in [1.807, 2.05) is 0 Å². The van der Waals surface area contributed by atoms with Gasteiger partial charge >= 0.3 is 0 Å². The highest BCUT2D eigenvalue weighted by Crippen LogP contribution is 2.26. The predicted molar refractivity (Wildman–Crippen MR) is 66.1 cm³/mol. The summed E-state index contributed by atoms with van der Waals surface area (Å²) in [7, 11) is 0. The van der Waals surface area contributed by atoms with Crippen molar-refractivity contribution in [1.29, 1.82) is 0 Å². The van der Waals surface area contributed by atoms with Crippen molar-refractivity contribution < 1.29 is 0 Å². The number of hydrogen-bond donors (Lipinski definition) is 1. The Bertz CT molecular complexity index is 373. The van der Waals surface area contributed by atoms with E-state index < -0.39 is 0 Å². The van der Waals surface area contributed by atoms with Gasteiger partial charge in [-0.3, -0.25) is 0 Å². The summed E-state index contributed by atoms with van der Waals surface area (Å²) in [5.74, 6) is 0.698. The van der Waals surface area contributed by atoms with Crippen LogP contribution >= 0.6 is 0 Å². The smallest absolute Gasteiger partial charge is 0.00206 e. The second-order valence-corrected chi connectivity index (χ2v) is 4.54. The fourth-order valence-corrected chi connectivity index (χ4v) is 2.29. The molecular formula is C14H19N. The van der Waals surface area contributed by atoms with E-state index in [-0.39, 0.29) is 0 Å². The summed E-state index contributed by atoms with van der Waals surface area (Å²) in [6, 6.07) is 6.80. The number of aryl methyl sites for hydroxylation is 1. The predicted octanol–water partition coefficient (Wildman–Crippen LogP) is 3.11. The van der Waals surface area contributed by atoms with E-state index in [1.165, 1.54) is 28.7 Å². The highest BCUT2D eigenvalue weighted by Gasteiger charge is 2.17. The lowest BCUT2D eigenvalue weighted by atomic mass is 9.92. The molecule has 1 heterocycles. The van der Waals surface area contributed by atoms with Crippen molar-refractivity contribution in [2.24, 2.45) is 0 Å². The molecule has 1 heteroatoms. The largest absolute Gasteiger partial charge is 0.316 e. The molecule has 1 N–H and O–H groups in total. The van der Waals surface area contributed by atoms with Crippen molar-refractivity contribution in [3.05, 3.63) is 41.5 Å². The summed E-state index contributed by atoms with van der Waals surface area (Å²) >= 11 is 0. The van der Waals surface area contributed by atoms with Crippen molar-refractivity contribution >= 4 is 5.57 Å². The first kappa shape index (κ1) is 10.4. The van der Waals surface area contributed by atoms with Gasteiger partial charge in [0.15, 0.2) is 0 Å². The standard InChI is InChI=1S/C14H19N/c1-10(2)14-8-12(5-4-11(14)3)13-6-7-15-9-13/h4-5,8,13,15H,1,6-7,9H2,2-3H3. The highest BCUT2D eigenvalue weighted by molar-refractivity contribution is 5.65. The minimum atomic E-state index is 0.698. The minimum absolute atomic E-state index is 0.698. The zero-order chi connectivity index (χ0) is 10.8. The summed E-state index contributed by atoms with van der Waals surface area (Å²) < 4.78 is 0. The fourth-order valence-electron chi connectivity index (χ4n) is 2.29. The van der Waals surface area contributed by atoms with Crippen molar-refractivity contribution in [3.63, 3.8) is 0 Å². The molecule has 80 valence electrons. The third-order valence-corrected chi connectivity index (χ3v) is 3.25. The Balaban J connectivity index is 2.33. The summed E-state index contributed by atoms with van der Waals surface area (Å²) in [6.45, 7) is 10.6. The van der Waals surface area contributed by atoms with Gasteiger partial charge in [-0.1, -0.05) is 30.4 Å². The first-order chi connectivity index (χ1) is 7.18. The minimum Gasteiger partial charge on any atom is -0.316 e. The van der Waals surface area contributed by atoms with Crippen LogP contribution in [-0.4, -0.2) is 13.1 Å². The normalized spacial score (nSPS) is 20.5. The Morgan fingerprint density at radius 2 is 2.27 bits per heavy atom. The third-order valence-electron chi connectivity index (χ3n) is 3.25. The molecular weight excluding hydrogens is 182 g/mol. The Labute approximate surface area is 92.2 Å². The molecule has 2 rings (SSSR count). The molecule has 1 atom stereocenters. The third kappa shape index (κ3) is 2.13. The van der Waals surface area contributed by atoms with Gasteiger partial charge < -0.3 is 5.32 Å². The lowest BCUT2D eigenvalue weighted by Gasteiger charge is -2.13. The van der Waals surface area contributed by atoms with Crippen molar-refractivity contribution in [1.82, 2.24) is 5.32 Å². The van der Waals surface area contributed by atoms with Gasteiger partial charge in [-0.2, -0.15) is 0 Å². The summed E-state index contributed by atoms with van der Waals surface area (Å²) in [6.07, 6.45) is 1.26. The topological polar surface area (TPSA) is 12.0 Å². The Kier molecular flexibility index (Phi) is 2.92. The number of allylic oxidation sites excluding steroid dienone is 1. The molecule has 15 heavy (non-hydrogen) atoms. The van der Waals surface area contributed by atoms with Gasteiger partial charge in [0.1, 0.15) is 0 Å². The molecule has 0 amide bonds. The van der Waals surface area contributed by atoms with Gasteiger partial charge in [-0.15, -0.1) is 0 Å².